The molecule has 2 N–H and O–H groups in total. The molecule has 0 fully saturated rings. The molecule has 18 heavy (non-hydrogen) atoms. The van der Waals surface area contributed by atoms with Gasteiger partial charge in [-0.05, 0) is 44.1 Å². The molecule has 4 heteroatoms. The summed E-state index contributed by atoms with van der Waals surface area (Å²) < 4.78 is 0. The summed E-state index contributed by atoms with van der Waals surface area (Å²) in [5.74, 6) is 0.636. The SMILES string of the molecule is Cc1[nH]ncc1CCCNC(=O)CC1C=CCC1. The van der Waals surface area contributed by atoms with Crippen LogP contribution >= 0.6 is 0 Å². The van der Waals surface area contributed by atoms with E-state index in [1.165, 1.54) is 5.56 Å². The smallest absolute Gasteiger partial charge is 0.220 e. The zero-order valence-electron chi connectivity index (χ0n) is 10.9. The van der Waals surface area contributed by atoms with Crippen LogP contribution < -0.4 is 5.32 Å². The Morgan fingerprint density at radius 2 is 2.50 bits per heavy atom. The normalized spacial score (nSPS) is 18.2. The lowest BCUT2D eigenvalue weighted by molar-refractivity contribution is -0.121. The molecule has 0 bridgehead atoms. The van der Waals surface area contributed by atoms with Crippen LogP contribution in [0.3, 0.4) is 0 Å². The van der Waals surface area contributed by atoms with Crippen molar-refractivity contribution in [2.45, 2.75) is 39.0 Å². The number of aryl methyl sites for hydroxylation is 2. The van der Waals surface area contributed by atoms with E-state index in [0.29, 0.717) is 12.3 Å². The molecule has 0 saturated heterocycles. The summed E-state index contributed by atoms with van der Waals surface area (Å²) in [5.41, 5.74) is 2.36. The molecule has 0 radical (unpaired) electrons. The first-order chi connectivity index (χ1) is 8.75. The van der Waals surface area contributed by atoms with E-state index in [2.05, 4.69) is 27.7 Å². The van der Waals surface area contributed by atoms with Gasteiger partial charge in [-0.2, -0.15) is 5.10 Å². The molecule has 1 unspecified atom stereocenters. The van der Waals surface area contributed by atoms with Crippen molar-refractivity contribution in [3.05, 3.63) is 29.6 Å². The van der Waals surface area contributed by atoms with E-state index in [0.717, 1.165) is 37.9 Å². The standard InChI is InChI=1S/C14H21N3O/c1-11-13(10-16-17-11)7-4-8-15-14(18)9-12-5-2-3-6-12/h2,5,10,12H,3-4,6-9H2,1H3,(H,15,18)(H,16,17). The van der Waals surface area contributed by atoms with Crippen molar-refractivity contribution >= 4 is 5.91 Å². The van der Waals surface area contributed by atoms with Crippen LogP contribution in [-0.4, -0.2) is 22.6 Å². The summed E-state index contributed by atoms with van der Waals surface area (Å²) in [6.45, 7) is 2.77. The van der Waals surface area contributed by atoms with Crippen LogP contribution in [0.1, 0.15) is 36.9 Å². The predicted octanol–water partition coefficient (Wildman–Crippen LogP) is 2.12. The monoisotopic (exact) mass is 247 g/mol. The number of amides is 1. The summed E-state index contributed by atoms with van der Waals surface area (Å²) in [7, 11) is 0. The topological polar surface area (TPSA) is 57.8 Å². The summed E-state index contributed by atoms with van der Waals surface area (Å²) >= 11 is 0. The number of hydrogen-bond donors (Lipinski definition) is 2. The molecule has 4 nitrogen and oxygen atoms in total. The molecule has 98 valence electrons. The van der Waals surface area contributed by atoms with Crippen LogP contribution in [-0.2, 0) is 11.2 Å². The number of nitrogens with one attached hydrogen (secondary N) is 2. The highest BCUT2D eigenvalue weighted by atomic mass is 16.1. The van der Waals surface area contributed by atoms with Crippen LogP contribution in [0.15, 0.2) is 18.3 Å². The molecular weight excluding hydrogens is 226 g/mol. The lowest BCUT2D eigenvalue weighted by Gasteiger charge is -2.08. The van der Waals surface area contributed by atoms with Gasteiger partial charge in [-0.1, -0.05) is 12.2 Å². The third-order valence-electron chi connectivity index (χ3n) is 3.44. The fourth-order valence-electron chi connectivity index (χ4n) is 2.31. The predicted molar refractivity (Wildman–Crippen MR) is 71.1 cm³/mol. The Hall–Kier alpha value is -1.58. The van der Waals surface area contributed by atoms with Gasteiger partial charge >= 0.3 is 0 Å². The minimum atomic E-state index is 0.176. The Balaban J connectivity index is 1.59. The Kier molecular flexibility index (Phi) is 4.56. The average molecular weight is 247 g/mol. The number of carbonyl (C=O) groups excluding carboxylic acids is 1. The maximum atomic E-state index is 11.7. The van der Waals surface area contributed by atoms with Crippen LogP contribution in [0.4, 0.5) is 0 Å². The second-order valence-corrected chi connectivity index (χ2v) is 4.94. The van der Waals surface area contributed by atoms with Gasteiger partial charge in [0.1, 0.15) is 0 Å². The van der Waals surface area contributed by atoms with Gasteiger partial charge in [-0.25, -0.2) is 0 Å². The van der Waals surface area contributed by atoms with Crippen molar-refractivity contribution in [3.63, 3.8) is 0 Å². The number of rotatable bonds is 6. The van der Waals surface area contributed by atoms with Crippen LogP contribution in [0.25, 0.3) is 0 Å². The van der Waals surface area contributed by atoms with Crippen LogP contribution in [0.5, 0.6) is 0 Å². The molecule has 1 amide bonds. The molecule has 2 rings (SSSR count). The fraction of sp³-hybridized carbons (Fsp3) is 0.571. The zero-order chi connectivity index (χ0) is 12.8. The van der Waals surface area contributed by atoms with Crippen molar-refractivity contribution in [2.24, 2.45) is 5.92 Å². The van der Waals surface area contributed by atoms with E-state index in [4.69, 9.17) is 0 Å². The number of hydrogen-bond acceptors (Lipinski definition) is 2. The number of nitrogens with zero attached hydrogens (tertiary/aromatic N) is 1. The Bertz CT molecular complexity index is 422. The zero-order valence-corrected chi connectivity index (χ0v) is 10.9. The third-order valence-corrected chi connectivity index (χ3v) is 3.44. The van der Waals surface area contributed by atoms with Crippen molar-refractivity contribution in [3.8, 4) is 0 Å². The maximum absolute atomic E-state index is 11.7. The molecular formula is C14H21N3O. The summed E-state index contributed by atoms with van der Waals surface area (Å²) in [5, 5.41) is 9.89. The van der Waals surface area contributed by atoms with Gasteiger partial charge in [0.2, 0.25) is 5.91 Å². The first kappa shape index (κ1) is 12.9. The second-order valence-electron chi connectivity index (χ2n) is 4.94. The average Bonchev–Trinajstić information content (AvgIpc) is 2.97. The molecule has 1 aliphatic carbocycles. The highest BCUT2D eigenvalue weighted by molar-refractivity contribution is 5.76. The molecule has 0 aliphatic heterocycles. The molecule has 1 heterocycles. The number of carbonyl (C=O) groups is 1. The van der Waals surface area contributed by atoms with Crippen molar-refractivity contribution < 1.29 is 4.79 Å². The first-order valence-electron chi connectivity index (χ1n) is 6.68. The summed E-state index contributed by atoms with van der Waals surface area (Å²) in [4.78, 5) is 11.7. The van der Waals surface area contributed by atoms with E-state index < -0.39 is 0 Å². The van der Waals surface area contributed by atoms with E-state index in [1.807, 2.05) is 13.1 Å². The minimum absolute atomic E-state index is 0.176. The lowest BCUT2D eigenvalue weighted by atomic mass is 10.1. The number of aromatic nitrogens is 2. The molecule has 0 spiro atoms. The van der Waals surface area contributed by atoms with Gasteiger partial charge in [-0.3, -0.25) is 9.89 Å². The molecule has 1 aliphatic rings. The van der Waals surface area contributed by atoms with E-state index in [9.17, 15) is 4.79 Å². The van der Waals surface area contributed by atoms with E-state index in [1.54, 1.807) is 0 Å². The third kappa shape index (κ3) is 3.72. The Labute approximate surface area is 108 Å². The molecule has 1 aromatic heterocycles. The van der Waals surface area contributed by atoms with Crippen LogP contribution in [0, 0.1) is 12.8 Å². The minimum Gasteiger partial charge on any atom is -0.356 e. The van der Waals surface area contributed by atoms with Crippen molar-refractivity contribution in [2.75, 3.05) is 6.54 Å². The van der Waals surface area contributed by atoms with Gasteiger partial charge in [0.15, 0.2) is 0 Å². The van der Waals surface area contributed by atoms with E-state index in [-0.39, 0.29) is 5.91 Å². The summed E-state index contributed by atoms with van der Waals surface area (Å²) in [6, 6.07) is 0. The second kappa shape index (κ2) is 6.38. The van der Waals surface area contributed by atoms with E-state index >= 15 is 0 Å². The number of allylic oxidation sites excluding steroid dienone is 2. The van der Waals surface area contributed by atoms with Gasteiger partial charge in [0, 0.05) is 18.7 Å². The van der Waals surface area contributed by atoms with Crippen molar-refractivity contribution in [1.29, 1.82) is 0 Å². The fourth-order valence-corrected chi connectivity index (χ4v) is 2.31. The highest BCUT2D eigenvalue weighted by Crippen LogP contribution is 2.19. The van der Waals surface area contributed by atoms with Gasteiger partial charge < -0.3 is 5.32 Å². The summed E-state index contributed by atoms with van der Waals surface area (Å²) in [6.07, 6.45) is 11.0. The first-order valence-corrected chi connectivity index (χ1v) is 6.68. The largest absolute Gasteiger partial charge is 0.356 e. The van der Waals surface area contributed by atoms with Crippen molar-refractivity contribution in [1.82, 2.24) is 15.5 Å². The Morgan fingerprint density at radius 1 is 1.61 bits per heavy atom. The number of H-pyrrole nitrogens is 1. The quantitative estimate of drug-likeness (QED) is 0.597. The van der Waals surface area contributed by atoms with Gasteiger partial charge in [0.25, 0.3) is 0 Å². The van der Waals surface area contributed by atoms with Gasteiger partial charge in [0.05, 0.1) is 6.20 Å². The molecule has 0 saturated carbocycles. The van der Waals surface area contributed by atoms with Gasteiger partial charge in [-0.15, -0.1) is 0 Å². The molecule has 1 atom stereocenters. The number of aromatic amines is 1. The molecule has 0 aromatic carbocycles. The van der Waals surface area contributed by atoms with Crippen LogP contribution in [0.2, 0.25) is 0 Å². The highest BCUT2D eigenvalue weighted by Gasteiger charge is 2.13. The Morgan fingerprint density at radius 3 is 3.17 bits per heavy atom. The molecule has 1 aromatic rings. The maximum Gasteiger partial charge on any atom is 0.220 e. The lowest BCUT2D eigenvalue weighted by Crippen LogP contribution is -2.26.